The fourth-order valence-electron chi connectivity index (χ4n) is 2.37. The van der Waals surface area contributed by atoms with Gasteiger partial charge in [0.25, 0.3) is 0 Å². The molecular formula is C16H23Cl2NO. The van der Waals surface area contributed by atoms with E-state index in [0.29, 0.717) is 34.2 Å². The second kappa shape index (κ2) is 7.90. The lowest BCUT2D eigenvalue weighted by atomic mass is 9.85. The van der Waals surface area contributed by atoms with Gasteiger partial charge in [-0.2, -0.15) is 0 Å². The number of rotatable bonds is 6. The second-order valence-electron chi connectivity index (χ2n) is 5.88. The predicted molar refractivity (Wildman–Crippen MR) is 86.3 cm³/mol. The average molecular weight is 316 g/mol. The van der Waals surface area contributed by atoms with E-state index in [4.69, 9.17) is 23.2 Å². The molecule has 112 valence electrons. The Morgan fingerprint density at radius 1 is 1.10 bits per heavy atom. The Hall–Kier alpha value is -0.730. The Bertz CT molecular complexity index is 450. The molecule has 0 saturated heterocycles. The fraction of sp³-hybridized carbons (Fsp3) is 0.562. The van der Waals surface area contributed by atoms with Crippen molar-refractivity contribution < 1.29 is 4.79 Å². The zero-order valence-electron chi connectivity index (χ0n) is 12.5. The quantitative estimate of drug-likeness (QED) is 0.818. The third kappa shape index (κ3) is 5.34. The minimum atomic E-state index is 0.0229. The molecule has 4 heteroatoms. The minimum Gasteiger partial charge on any atom is -0.356 e. The average Bonchev–Trinajstić information content (AvgIpc) is 2.33. The first-order valence-electron chi connectivity index (χ1n) is 7.02. The molecule has 0 bridgehead atoms. The van der Waals surface area contributed by atoms with Crippen molar-refractivity contribution in [1.82, 2.24) is 5.32 Å². The summed E-state index contributed by atoms with van der Waals surface area (Å²) in [7, 11) is 0. The summed E-state index contributed by atoms with van der Waals surface area (Å²) in [6.45, 7) is 9.48. The normalized spacial score (nSPS) is 11.4. The van der Waals surface area contributed by atoms with Crippen molar-refractivity contribution in [1.29, 1.82) is 0 Å². The van der Waals surface area contributed by atoms with Crippen LogP contribution < -0.4 is 5.32 Å². The Labute approximate surface area is 131 Å². The third-order valence-electron chi connectivity index (χ3n) is 3.60. The first-order chi connectivity index (χ1) is 9.31. The predicted octanol–water partition coefficient (Wildman–Crippen LogP) is 4.58. The van der Waals surface area contributed by atoms with Gasteiger partial charge in [0.05, 0.1) is 16.5 Å². The zero-order valence-corrected chi connectivity index (χ0v) is 14.1. The summed E-state index contributed by atoms with van der Waals surface area (Å²) in [4.78, 5) is 12.0. The SMILES string of the molecule is CC(C)C(CNC(=O)Cc1ccc(Cl)c(Cl)c1)C(C)C. The highest BCUT2D eigenvalue weighted by atomic mass is 35.5. The summed E-state index contributed by atoms with van der Waals surface area (Å²) in [5.74, 6) is 1.63. The van der Waals surface area contributed by atoms with E-state index in [1.54, 1.807) is 12.1 Å². The number of carbonyl (C=O) groups excluding carboxylic acids is 1. The van der Waals surface area contributed by atoms with Crippen molar-refractivity contribution in [2.24, 2.45) is 17.8 Å². The van der Waals surface area contributed by atoms with Gasteiger partial charge in [0.15, 0.2) is 0 Å². The maximum absolute atomic E-state index is 12.0. The van der Waals surface area contributed by atoms with Crippen LogP contribution in [0.5, 0.6) is 0 Å². The first-order valence-corrected chi connectivity index (χ1v) is 7.77. The van der Waals surface area contributed by atoms with Crippen LogP contribution >= 0.6 is 23.2 Å². The summed E-state index contributed by atoms with van der Waals surface area (Å²) in [5.41, 5.74) is 0.877. The van der Waals surface area contributed by atoms with Crippen LogP contribution in [0.1, 0.15) is 33.3 Å². The van der Waals surface area contributed by atoms with Crippen LogP contribution in [0.3, 0.4) is 0 Å². The number of carbonyl (C=O) groups is 1. The van der Waals surface area contributed by atoms with E-state index in [-0.39, 0.29) is 5.91 Å². The molecule has 1 rings (SSSR count). The summed E-state index contributed by atoms with van der Waals surface area (Å²) >= 11 is 11.8. The summed E-state index contributed by atoms with van der Waals surface area (Å²) in [6, 6.07) is 5.29. The van der Waals surface area contributed by atoms with Gasteiger partial charge in [-0.25, -0.2) is 0 Å². The van der Waals surface area contributed by atoms with Crippen molar-refractivity contribution in [3.8, 4) is 0 Å². The van der Waals surface area contributed by atoms with Gasteiger partial charge in [0.2, 0.25) is 5.91 Å². The lowest BCUT2D eigenvalue weighted by Gasteiger charge is -2.25. The topological polar surface area (TPSA) is 29.1 Å². The second-order valence-corrected chi connectivity index (χ2v) is 6.70. The van der Waals surface area contributed by atoms with E-state index in [1.807, 2.05) is 6.07 Å². The maximum Gasteiger partial charge on any atom is 0.224 e. The molecule has 0 aliphatic heterocycles. The Balaban J connectivity index is 2.53. The molecule has 1 amide bonds. The number of hydrogen-bond donors (Lipinski definition) is 1. The van der Waals surface area contributed by atoms with Crippen LogP contribution in [0.25, 0.3) is 0 Å². The van der Waals surface area contributed by atoms with E-state index < -0.39 is 0 Å². The molecule has 0 aliphatic carbocycles. The Morgan fingerprint density at radius 2 is 1.70 bits per heavy atom. The molecule has 0 unspecified atom stereocenters. The number of halogens is 2. The van der Waals surface area contributed by atoms with Gasteiger partial charge >= 0.3 is 0 Å². The van der Waals surface area contributed by atoms with Crippen LogP contribution in [0.2, 0.25) is 10.0 Å². The molecule has 0 spiro atoms. The minimum absolute atomic E-state index is 0.0229. The number of nitrogens with one attached hydrogen (secondary N) is 1. The molecule has 0 heterocycles. The molecular weight excluding hydrogens is 293 g/mol. The van der Waals surface area contributed by atoms with E-state index in [1.165, 1.54) is 0 Å². The largest absolute Gasteiger partial charge is 0.356 e. The Morgan fingerprint density at radius 3 is 2.20 bits per heavy atom. The molecule has 0 atom stereocenters. The van der Waals surface area contributed by atoms with Crippen molar-refractivity contribution in [2.45, 2.75) is 34.1 Å². The van der Waals surface area contributed by atoms with E-state index in [0.717, 1.165) is 12.1 Å². The molecule has 1 N–H and O–H groups in total. The van der Waals surface area contributed by atoms with Gasteiger partial charge in [0.1, 0.15) is 0 Å². The molecule has 0 radical (unpaired) electrons. The smallest absolute Gasteiger partial charge is 0.224 e. The van der Waals surface area contributed by atoms with Crippen molar-refractivity contribution in [2.75, 3.05) is 6.54 Å². The molecule has 0 aliphatic rings. The summed E-state index contributed by atoms with van der Waals surface area (Å²) < 4.78 is 0. The van der Waals surface area contributed by atoms with Crippen molar-refractivity contribution in [3.05, 3.63) is 33.8 Å². The zero-order chi connectivity index (χ0) is 15.3. The highest BCUT2D eigenvalue weighted by molar-refractivity contribution is 6.42. The summed E-state index contributed by atoms with van der Waals surface area (Å²) in [6.07, 6.45) is 0.333. The first kappa shape index (κ1) is 17.3. The fourth-order valence-corrected chi connectivity index (χ4v) is 2.69. The lowest BCUT2D eigenvalue weighted by Crippen LogP contribution is -2.34. The van der Waals surface area contributed by atoms with E-state index in [2.05, 4.69) is 33.0 Å². The van der Waals surface area contributed by atoms with Gasteiger partial charge in [-0.15, -0.1) is 0 Å². The van der Waals surface area contributed by atoms with Crippen molar-refractivity contribution in [3.63, 3.8) is 0 Å². The highest BCUT2D eigenvalue weighted by Crippen LogP contribution is 2.23. The standard InChI is InChI=1S/C16H23Cl2NO/c1-10(2)13(11(3)4)9-19-16(20)8-12-5-6-14(17)15(18)7-12/h5-7,10-11,13H,8-9H2,1-4H3,(H,19,20). The number of benzene rings is 1. The molecule has 0 fully saturated rings. The maximum atomic E-state index is 12.0. The van der Waals surface area contributed by atoms with Gasteiger partial charge < -0.3 is 5.32 Å². The van der Waals surface area contributed by atoms with Gasteiger partial charge in [-0.05, 0) is 35.4 Å². The lowest BCUT2D eigenvalue weighted by molar-refractivity contribution is -0.120. The van der Waals surface area contributed by atoms with Gasteiger partial charge in [-0.3, -0.25) is 4.79 Å². The molecule has 1 aromatic carbocycles. The van der Waals surface area contributed by atoms with Crippen LogP contribution in [-0.4, -0.2) is 12.5 Å². The summed E-state index contributed by atoms with van der Waals surface area (Å²) in [5, 5.41) is 4.01. The van der Waals surface area contributed by atoms with Crippen LogP contribution in [0.4, 0.5) is 0 Å². The number of amides is 1. The highest BCUT2D eigenvalue weighted by Gasteiger charge is 2.18. The monoisotopic (exact) mass is 315 g/mol. The van der Waals surface area contributed by atoms with Crippen LogP contribution in [-0.2, 0) is 11.2 Å². The van der Waals surface area contributed by atoms with E-state index in [9.17, 15) is 4.79 Å². The molecule has 20 heavy (non-hydrogen) atoms. The molecule has 0 aromatic heterocycles. The van der Waals surface area contributed by atoms with Crippen LogP contribution in [0.15, 0.2) is 18.2 Å². The molecule has 2 nitrogen and oxygen atoms in total. The van der Waals surface area contributed by atoms with Gasteiger partial charge in [-0.1, -0.05) is 57.0 Å². The van der Waals surface area contributed by atoms with Crippen LogP contribution in [0, 0.1) is 17.8 Å². The molecule has 0 saturated carbocycles. The number of hydrogen-bond acceptors (Lipinski definition) is 1. The molecule has 1 aromatic rings. The third-order valence-corrected chi connectivity index (χ3v) is 4.34. The Kier molecular flexibility index (Phi) is 6.84. The van der Waals surface area contributed by atoms with Crippen molar-refractivity contribution >= 4 is 29.1 Å². The van der Waals surface area contributed by atoms with E-state index >= 15 is 0 Å². The van der Waals surface area contributed by atoms with Gasteiger partial charge in [0, 0.05) is 6.54 Å².